The average molecular weight is 220 g/mol. The second kappa shape index (κ2) is 5.53. The van der Waals surface area contributed by atoms with Gasteiger partial charge in [0.25, 0.3) is 0 Å². The van der Waals surface area contributed by atoms with Crippen molar-refractivity contribution in [1.82, 2.24) is 9.61 Å². The molecule has 0 unspecified atom stereocenters. The molecule has 2 heteroatoms. The van der Waals surface area contributed by atoms with Crippen molar-refractivity contribution in [2.75, 3.05) is 0 Å². The van der Waals surface area contributed by atoms with Gasteiger partial charge in [-0.3, -0.25) is 0 Å². The number of hydrogen-bond donors (Lipinski definition) is 0. The van der Waals surface area contributed by atoms with E-state index in [2.05, 4.69) is 11.0 Å². The highest BCUT2D eigenvalue weighted by Gasteiger charge is 1.94. The van der Waals surface area contributed by atoms with Gasteiger partial charge in [-0.05, 0) is 24.1 Å². The van der Waals surface area contributed by atoms with Crippen molar-refractivity contribution >= 4 is 5.52 Å². The van der Waals surface area contributed by atoms with Crippen LogP contribution >= 0.6 is 0 Å². The summed E-state index contributed by atoms with van der Waals surface area (Å²) in [7, 11) is 0. The minimum Gasteiger partial charge on any atom is -0.240 e. The normalized spacial score (nSPS) is 9.12. The van der Waals surface area contributed by atoms with Crippen molar-refractivity contribution < 1.29 is 0 Å². The highest BCUT2D eigenvalue weighted by atomic mass is 15.2. The Hall–Kier alpha value is -2.53. The number of aromatic nitrogens is 2. The van der Waals surface area contributed by atoms with Crippen LogP contribution in [0.1, 0.15) is 5.69 Å². The molecule has 0 aliphatic rings. The molecule has 3 rings (SSSR count). The van der Waals surface area contributed by atoms with E-state index in [1.807, 2.05) is 66.9 Å². The van der Waals surface area contributed by atoms with E-state index in [9.17, 15) is 0 Å². The van der Waals surface area contributed by atoms with E-state index in [1.54, 1.807) is 4.52 Å². The molecule has 0 spiro atoms. The van der Waals surface area contributed by atoms with Gasteiger partial charge < -0.3 is 0 Å². The number of terminal acetylenes is 1. The van der Waals surface area contributed by atoms with Crippen LogP contribution in [0.15, 0.2) is 66.9 Å². The first-order valence-electron chi connectivity index (χ1n) is 5.31. The maximum atomic E-state index is 5.19. The van der Waals surface area contributed by atoms with E-state index in [0.717, 1.165) is 5.52 Å². The third-order valence-electron chi connectivity index (χ3n) is 2.18. The zero-order chi connectivity index (χ0) is 11.9. The lowest BCUT2D eigenvalue weighted by molar-refractivity contribution is 0.952. The maximum absolute atomic E-state index is 5.19. The lowest BCUT2D eigenvalue weighted by atomic mass is 10.4. The predicted octanol–water partition coefficient (Wildman–Crippen LogP) is 3.00. The van der Waals surface area contributed by atoms with Crippen LogP contribution in [0.3, 0.4) is 0 Å². The van der Waals surface area contributed by atoms with Crippen LogP contribution in [0.4, 0.5) is 0 Å². The predicted molar refractivity (Wildman–Crippen MR) is 69.6 cm³/mol. The van der Waals surface area contributed by atoms with Gasteiger partial charge in [0.15, 0.2) is 0 Å². The molecule has 17 heavy (non-hydrogen) atoms. The van der Waals surface area contributed by atoms with Crippen LogP contribution in [0.25, 0.3) is 5.52 Å². The number of benzene rings is 1. The number of hydrogen-bond acceptors (Lipinski definition) is 1. The second-order valence-corrected chi connectivity index (χ2v) is 3.40. The Kier molecular flexibility index (Phi) is 3.57. The molecule has 0 amide bonds. The molecule has 2 aromatic heterocycles. The van der Waals surface area contributed by atoms with Crippen molar-refractivity contribution in [2.45, 2.75) is 0 Å². The summed E-state index contributed by atoms with van der Waals surface area (Å²) >= 11 is 0. The summed E-state index contributed by atoms with van der Waals surface area (Å²) in [4.78, 5) is 0. The summed E-state index contributed by atoms with van der Waals surface area (Å²) in [6.07, 6.45) is 7.06. The van der Waals surface area contributed by atoms with Gasteiger partial charge in [0.05, 0.1) is 5.52 Å². The van der Waals surface area contributed by atoms with E-state index in [-0.39, 0.29) is 0 Å². The third kappa shape index (κ3) is 2.96. The molecule has 0 saturated carbocycles. The smallest absolute Gasteiger partial charge is 0.136 e. The Labute approximate surface area is 101 Å². The van der Waals surface area contributed by atoms with Crippen molar-refractivity contribution in [1.29, 1.82) is 0 Å². The molecule has 2 nitrogen and oxygen atoms in total. The quantitative estimate of drug-likeness (QED) is 0.532. The van der Waals surface area contributed by atoms with E-state index < -0.39 is 0 Å². The molecule has 1 aromatic carbocycles. The van der Waals surface area contributed by atoms with Crippen LogP contribution < -0.4 is 0 Å². The first-order valence-corrected chi connectivity index (χ1v) is 5.31. The molecule has 0 N–H and O–H groups in total. The van der Waals surface area contributed by atoms with Gasteiger partial charge in [-0.2, -0.15) is 5.10 Å². The SMILES string of the molecule is C#Cc1cc2ccccn2n1.c1ccccc1. The van der Waals surface area contributed by atoms with E-state index in [1.165, 1.54) is 0 Å². The van der Waals surface area contributed by atoms with E-state index in [0.29, 0.717) is 5.69 Å². The van der Waals surface area contributed by atoms with Crippen molar-refractivity contribution in [2.24, 2.45) is 0 Å². The number of fused-ring (bicyclic) bond motifs is 1. The molecule has 0 atom stereocenters. The first kappa shape index (κ1) is 11.0. The fourth-order valence-corrected chi connectivity index (χ4v) is 1.39. The minimum absolute atomic E-state index is 0.677. The van der Waals surface area contributed by atoms with Crippen LogP contribution in [0.2, 0.25) is 0 Å². The molecule has 0 radical (unpaired) electrons. The lowest BCUT2D eigenvalue weighted by Gasteiger charge is -1.86. The van der Waals surface area contributed by atoms with Gasteiger partial charge in [-0.25, -0.2) is 4.52 Å². The van der Waals surface area contributed by atoms with Crippen LogP contribution in [-0.4, -0.2) is 9.61 Å². The topological polar surface area (TPSA) is 17.3 Å². The Morgan fingerprint density at radius 1 is 0.941 bits per heavy atom. The standard InChI is InChI=1S/C9H6N2.C6H6/c1-2-8-7-9-5-3-4-6-11(9)10-8;1-2-4-6-5-3-1/h1,3-7H;1-6H. The van der Waals surface area contributed by atoms with E-state index >= 15 is 0 Å². The molecule has 0 saturated heterocycles. The first-order chi connectivity index (χ1) is 8.40. The molecule has 0 aliphatic carbocycles. The Morgan fingerprint density at radius 2 is 1.59 bits per heavy atom. The summed E-state index contributed by atoms with van der Waals surface area (Å²) in [5, 5.41) is 4.11. The summed E-state index contributed by atoms with van der Waals surface area (Å²) in [6, 6.07) is 19.7. The molecule has 0 fully saturated rings. The monoisotopic (exact) mass is 220 g/mol. The number of nitrogens with zero attached hydrogens (tertiary/aromatic N) is 2. The lowest BCUT2D eigenvalue weighted by Crippen LogP contribution is -1.83. The Bertz CT molecular complexity index is 558. The largest absolute Gasteiger partial charge is 0.240 e. The van der Waals surface area contributed by atoms with Gasteiger partial charge in [-0.1, -0.05) is 42.5 Å². The molecule has 0 bridgehead atoms. The summed E-state index contributed by atoms with van der Waals surface area (Å²) in [5.41, 5.74) is 1.71. The highest BCUT2D eigenvalue weighted by molar-refractivity contribution is 5.50. The van der Waals surface area contributed by atoms with Crippen LogP contribution in [0, 0.1) is 12.3 Å². The summed E-state index contributed by atoms with van der Waals surface area (Å²) in [6.45, 7) is 0. The molecule has 0 aliphatic heterocycles. The zero-order valence-electron chi connectivity index (χ0n) is 9.32. The van der Waals surface area contributed by atoms with Gasteiger partial charge in [0.1, 0.15) is 5.69 Å². The number of pyridine rings is 1. The van der Waals surface area contributed by atoms with Gasteiger partial charge >= 0.3 is 0 Å². The average Bonchev–Trinajstić information content (AvgIpc) is 2.84. The fraction of sp³-hybridized carbons (Fsp3) is 0. The van der Waals surface area contributed by atoms with Crippen LogP contribution in [-0.2, 0) is 0 Å². The van der Waals surface area contributed by atoms with Crippen LogP contribution in [0.5, 0.6) is 0 Å². The third-order valence-corrected chi connectivity index (χ3v) is 2.18. The second-order valence-electron chi connectivity index (χ2n) is 3.40. The molecular weight excluding hydrogens is 208 g/mol. The van der Waals surface area contributed by atoms with E-state index in [4.69, 9.17) is 6.42 Å². The summed E-state index contributed by atoms with van der Waals surface area (Å²) in [5.74, 6) is 2.48. The molecule has 3 aromatic rings. The van der Waals surface area contributed by atoms with Crippen molar-refractivity contribution in [3.8, 4) is 12.3 Å². The number of rotatable bonds is 0. The summed E-state index contributed by atoms with van der Waals surface area (Å²) < 4.78 is 1.76. The van der Waals surface area contributed by atoms with Crippen molar-refractivity contribution in [3.05, 3.63) is 72.6 Å². The zero-order valence-corrected chi connectivity index (χ0v) is 9.32. The van der Waals surface area contributed by atoms with Crippen molar-refractivity contribution in [3.63, 3.8) is 0 Å². The Morgan fingerprint density at radius 3 is 2.12 bits per heavy atom. The Balaban J connectivity index is 0.000000153. The fourth-order valence-electron chi connectivity index (χ4n) is 1.39. The minimum atomic E-state index is 0.677. The van der Waals surface area contributed by atoms with Gasteiger partial charge in [0.2, 0.25) is 0 Å². The maximum Gasteiger partial charge on any atom is 0.136 e. The molecular formula is C15H12N2. The van der Waals surface area contributed by atoms with Gasteiger partial charge in [-0.15, -0.1) is 6.42 Å². The highest BCUT2D eigenvalue weighted by Crippen LogP contribution is 2.03. The molecule has 2 heterocycles. The van der Waals surface area contributed by atoms with Gasteiger partial charge in [0, 0.05) is 6.20 Å². The molecule has 82 valence electrons.